The van der Waals surface area contributed by atoms with Crippen LogP contribution >= 0.6 is 0 Å². The molecular weight excluding hydrogens is 278 g/mol. The van der Waals surface area contributed by atoms with Gasteiger partial charge in [-0.15, -0.1) is 5.10 Å². The molecule has 0 spiro atoms. The molecule has 0 aliphatic carbocycles. The summed E-state index contributed by atoms with van der Waals surface area (Å²) in [6.07, 6.45) is 4.60. The smallest absolute Gasteiger partial charge is 0.326 e. The van der Waals surface area contributed by atoms with E-state index in [4.69, 9.17) is 10.8 Å². The SMILES string of the molecule is NCc1cn(CC(=O)NC(Cc2cnc[nH]2)C(=O)O)nn1. The molecule has 1 amide bonds. The highest BCUT2D eigenvalue weighted by molar-refractivity contribution is 5.83. The minimum atomic E-state index is -1.13. The van der Waals surface area contributed by atoms with Gasteiger partial charge in [-0.05, 0) is 0 Å². The maximum Gasteiger partial charge on any atom is 0.326 e. The Labute approximate surface area is 119 Å². The Hall–Kier alpha value is -2.75. The van der Waals surface area contributed by atoms with Crippen LogP contribution in [0.4, 0.5) is 0 Å². The molecule has 10 heteroatoms. The molecule has 112 valence electrons. The molecule has 0 bridgehead atoms. The van der Waals surface area contributed by atoms with Crippen molar-refractivity contribution in [2.75, 3.05) is 0 Å². The highest BCUT2D eigenvalue weighted by Crippen LogP contribution is 1.99. The summed E-state index contributed by atoms with van der Waals surface area (Å²) in [6, 6.07) is -1.05. The molecular formula is C11H15N7O3. The summed E-state index contributed by atoms with van der Waals surface area (Å²) in [6.45, 7) is 0.0962. The number of rotatable bonds is 7. The number of H-pyrrole nitrogens is 1. The third-order valence-corrected chi connectivity index (χ3v) is 2.71. The van der Waals surface area contributed by atoms with Gasteiger partial charge >= 0.3 is 5.97 Å². The lowest BCUT2D eigenvalue weighted by Gasteiger charge is -2.13. The van der Waals surface area contributed by atoms with Gasteiger partial charge in [0.2, 0.25) is 5.91 Å². The van der Waals surface area contributed by atoms with Crippen LogP contribution < -0.4 is 11.1 Å². The normalized spacial score (nSPS) is 12.0. The van der Waals surface area contributed by atoms with E-state index >= 15 is 0 Å². The number of nitrogens with zero attached hydrogens (tertiary/aromatic N) is 4. The van der Waals surface area contributed by atoms with Gasteiger partial charge in [0.25, 0.3) is 0 Å². The predicted molar refractivity (Wildman–Crippen MR) is 69.8 cm³/mol. The molecule has 2 aromatic rings. The van der Waals surface area contributed by atoms with Crippen molar-refractivity contribution < 1.29 is 14.7 Å². The number of aromatic nitrogens is 5. The Bertz CT molecular complexity index is 607. The van der Waals surface area contributed by atoms with Crippen molar-refractivity contribution in [1.82, 2.24) is 30.3 Å². The van der Waals surface area contributed by atoms with Crippen LogP contribution in [0.1, 0.15) is 11.4 Å². The summed E-state index contributed by atoms with van der Waals surface area (Å²) < 4.78 is 1.30. The van der Waals surface area contributed by atoms with Crippen LogP contribution in [0.15, 0.2) is 18.7 Å². The number of hydrogen-bond donors (Lipinski definition) is 4. The molecule has 1 atom stereocenters. The van der Waals surface area contributed by atoms with Gasteiger partial charge in [0.1, 0.15) is 12.6 Å². The first-order valence-corrected chi connectivity index (χ1v) is 6.17. The molecule has 0 fully saturated rings. The number of hydrogen-bond acceptors (Lipinski definition) is 6. The molecule has 2 rings (SSSR count). The molecule has 0 aliphatic rings. The van der Waals surface area contributed by atoms with Crippen molar-refractivity contribution in [3.63, 3.8) is 0 Å². The third-order valence-electron chi connectivity index (χ3n) is 2.71. The molecule has 1 unspecified atom stereocenters. The number of amides is 1. The second-order valence-corrected chi connectivity index (χ2v) is 4.35. The van der Waals surface area contributed by atoms with Gasteiger partial charge in [0.15, 0.2) is 0 Å². The Morgan fingerprint density at radius 3 is 2.90 bits per heavy atom. The Kier molecular flexibility index (Phi) is 4.61. The van der Waals surface area contributed by atoms with E-state index in [0.717, 1.165) is 0 Å². The maximum absolute atomic E-state index is 11.8. The summed E-state index contributed by atoms with van der Waals surface area (Å²) in [4.78, 5) is 29.6. The summed E-state index contributed by atoms with van der Waals surface area (Å²) in [5, 5.41) is 19.0. The van der Waals surface area contributed by atoms with Gasteiger partial charge in [-0.2, -0.15) is 0 Å². The second-order valence-electron chi connectivity index (χ2n) is 4.35. The molecule has 21 heavy (non-hydrogen) atoms. The molecule has 2 heterocycles. The van der Waals surface area contributed by atoms with E-state index in [-0.39, 0.29) is 19.5 Å². The van der Waals surface area contributed by atoms with E-state index in [2.05, 4.69) is 25.6 Å². The van der Waals surface area contributed by atoms with Crippen molar-refractivity contribution >= 4 is 11.9 Å². The minimum Gasteiger partial charge on any atom is -0.480 e. The van der Waals surface area contributed by atoms with E-state index in [0.29, 0.717) is 11.4 Å². The van der Waals surface area contributed by atoms with Crippen LogP contribution in [0, 0.1) is 0 Å². The van der Waals surface area contributed by atoms with Crippen LogP contribution in [0.3, 0.4) is 0 Å². The molecule has 5 N–H and O–H groups in total. The summed E-state index contributed by atoms with van der Waals surface area (Å²) in [7, 11) is 0. The third kappa shape index (κ3) is 4.11. The van der Waals surface area contributed by atoms with Gasteiger partial charge in [-0.25, -0.2) is 14.5 Å². The average molecular weight is 293 g/mol. The van der Waals surface area contributed by atoms with Crippen LogP contribution in [0.25, 0.3) is 0 Å². The van der Waals surface area contributed by atoms with Gasteiger partial charge in [-0.1, -0.05) is 5.21 Å². The molecule has 0 saturated heterocycles. The van der Waals surface area contributed by atoms with E-state index in [9.17, 15) is 9.59 Å². The number of carbonyl (C=O) groups excluding carboxylic acids is 1. The summed E-state index contributed by atoms with van der Waals surface area (Å²) in [5.41, 5.74) is 6.56. The fraction of sp³-hybridized carbons (Fsp3) is 0.364. The number of carbonyl (C=O) groups is 2. The first kappa shape index (κ1) is 14.7. The number of nitrogens with two attached hydrogens (primary N) is 1. The standard InChI is InChI=1S/C11H15N7O3/c12-2-8-4-18(17-16-8)5-10(19)15-9(11(20)21)1-7-3-13-6-14-7/h3-4,6,9H,1-2,5,12H2,(H,13,14)(H,15,19)(H,20,21). The molecule has 0 aromatic carbocycles. The van der Waals surface area contributed by atoms with Crippen molar-refractivity contribution in [3.8, 4) is 0 Å². The van der Waals surface area contributed by atoms with Crippen LogP contribution in [0.5, 0.6) is 0 Å². The number of carboxylic acids is 1. The number of aliphatic carboxylic acids is 1. The zero-order valence-corrected chi connectivity index (χ0v) is 11.1. The molecule has 0 saturated carbocycles. The van der Waals surface area contributed by atoms with E-state index in [1.807, 2.05) is 0 Å². The summed E-state index contributed by atoms with van der Waals surface area (Å²) >= 11 is 0. The first-order valence-electron chi connectivity index (χ1n) is 6.17. The van der Waals surface area contributed by atoms with Crippen LogP contribution in [0.2, 0.25) is 0 Å². The lowest BCUT2D eigenvalue weighted by Crippen LogP contribution is -2.43. The fourth-order valence-electron chi connectivity index (χ4n) is 1.71. The van der Waals surface area contributed by atoms with Crippen LogP contribution in [-0.2, 0) is 29.1 Å². The monoisotopic (exact) mass is 293 g/mol. The second kappa shape index (κ2) is 6.61. The van der Waals surface area contributed by atoms with E-state index < -0.39 is 17.9 Å². The average Bonchev–Trinajstić information content (AvgIpc) is 3.09. The highest BCUT2D eigenvalue weighted by atomic mass is 16.4. The largest absolute Gasteiger partial charge is 0.480 e. The molecule has 10 nitrogen and oxygen atoms in total. The molecule has 0 aliphatic heterocycles. The molecule has 2 aromatic heterocycles. The lowest BCUT2D eigenvalue weighted by atomic mass is 10.1. The zero-order valence-electron chi connectivity index (χ0n) is 11.1. The van der Waals surface area contributed by atoms with Gasteiger partial charge in [-0.3, -0.25) is 4.79 Å². The highest BCUT2D eigenvalue weighted by Gasteiger charge is 2.21. The van der Waals surface area contributed by atoms with Crippen molar-refractivity contribution in [1.29, 1.82) is 0 Å². The first-order chi connectivity index (χ1) is 10.1. The van der Waals surface area contributed by atoms with E-state index in [1.54, 1.807) is 0 Å². The lowest BCUT2D eigenvalue weighted by molar-refractivity contribution is -0.141. The van der Waals surface area contributed by atoms with Crippen molar-refractivity contribution in [2.45, 2.75) is 25.6 Å². The maximum atomic E-state index is 11.8. The number of imidazole rings is 1. The number of nitrogens with one attached hydrogen (secondary N) is 2. The van der Waals surface area contributed by atoms with Gasteiger partial charge < -0.3 is 21.1 Å². The van der Waals surface area contributed by atoms with Gasteiger partial charge in [0, 0.05) is 24.9 Å². The van der Waals surface area contributed by atoms with Crippen molar-refractivity contribution in [2.24, 2.45) is 5.73 Å². The zero-order chi connectivity index (χ0) is 15.2. The fourth-order valence-corrected chi connectivity index (χ4v) is 1.71. The van der Waals surface area contributed by atoms with Gasteiger partial charge in [0.05, 0.1) is 18.2 Å². The predicted octanol–water partition coefficient (Wildman–Crippen LogP) is -1.73. The molecule has 0 radical (unpaired) electrons. The Balaban J connectivity index is 1.93. The quantitative estimate of drug-likeness (QED) is 0.473. The van der Waals surface area contributed by atoms with Crippen LogP contribution in [-0.4, -0.2) is 48.0 Å². The number of aromatic amines is 1. The Morgan fingerprint density at radius 1 is 1.52 bits per heavy atom. The van der Waals surface area contributed by atoms with Crippen molar-refractivity contribution in [3.05, 3.63) is 30.1 Å². The Morgan fingerprint density at radius 2 is 2.33 bits per heavy atom. The summed E-state index contributed by atoms with van der Waals surface area (Å²) in [5.74, 6) is -1.60. The minimum absolute atomic E-state index is 0.118. The topological polar surface area (TPSA) is 152 Å². The number of carboxylic acid groups (broad SMARTS) is 1. The van der Waals surface area contributed by atoms with E-state index in [1.165, 1.54) is 23.4 Å².